The van der Waals surface area contributed by atoms with E-state index in [0.717, 1.165) is 11.3 Å². The van der Waals surface area contributed by atoms with E-state index in [1.807, 2.05) is 24.3 Å². The lowest BCUT2D eigenvalue weighted by Gasteiger charge is -2.19. The first kappa shape index (κ1) is 13.9. The van der Waals surface area contributed by atoms with Gasteiger partial charge >= 0.3 is 0 Å². The zero-order chi connectivity index (χ0) is 14.5. The second-order valence-electron chi connectivity index (χ2n) is 4.49. The molecule has 0 aliphatic rings. The Hall–Kier alpha value is -2.49. The molecule has 0 aliphatic carbocycles. The van der Waals surface area contributed by atoms with Crippen LogP contribution >= 0.6 is 0 Å². The van der Waals surface area contributed by atoms with Crippen LogP contribution in [0.3, 0.4) is 0 Å². The Morgan fingerprint density at radius 3 is 2.50 bits per heavy atom. The third-order valence-electron chi connectivity index (χ3n) is 3.08. The number of para-hydroxylation sites is 2. The Bertz CT molecular complexity index is 610. The van der Waals surface area contributed by atoms with Crippen molar-refractivity contribution in [1.82, 2.24) is 4.90 Å². The van der Waals surface area contributed by atoms with E-state index in [-0.39, 0.29) is 11.7 Å². The molecule has 0 aliphatic heterocycles. The lowest BCUT2D eigenvalue weighted by molar-refractivity contribution is 0.0781. The molecule has 4 nitrogen and oxygen atoms in total. The van der Waals surface area contributed by atoms with Crippen LogP contribution in [0.4, 0.5) is 0 Å². The molecule has 104 valence electrons. The highest BCUT2D eigenvalue weighted by Crippen LogP contribution is 2.22. The molecule has 0 bridgehead atoms. The number of rotatable bonds is 4. The second kappa shape index (κ2) is 6.10. The number of hydrogen-bond donors (Lipinski definition) is 1. The second-order valence-corrected chi connectivity index (χ2v) is 4.49. The predicted octanol–water partition coefficient (Wildman–Crippen LogP) is 2.67. The normalized spacial score (nSPS) is 10.1. The fourth-order valence-corrected chi connectivity index (χ4v) is 2.02. The van der Waals surface area contributed by atoms with E-state index in [1.54, 1.807) is 37.3 Å². The van der Waals surface area contributed by atoms with Crippen molar-refractivity contribution in [1.29, 1.82) is 0 Å². The average Bonchev–Trinajstić information content (AvgIpc) is 2.47. The summed E-state index contributed by atoms with van der Waals surface area (Å²) in [5.41, 5.74) is 1.21. The number of amides is 1. The standard InChI is InChI=1S/C16H17NO3/c1-17(11-12-7-3-6-10-15(12)20-2)16(19)13-8-4-5-9-14(13)18/h3-10,18H,11H2,1-2H3. The van der Waals surface area contributed by atoms with Gasteiger partial charge in [0.1, 0.15) is 11.5 Å². The molecule has 0 heterocycles. The minimum atomic E-state index is -0.228. The fraction of sp³-hybridized carbons (Fsp3) is 0.188. The summed E-state index contributed by atoms with van der Waals surface area (Å²) in [6.45, 7) is 0.414. The third-order valence-corrected chi connectivity index (χ3v) is 3.08. The van der Waals surface area contributed by atoms with Crippen molar-refractivity contribution in [3.8, 4) is 11.5 Å². The van der Waals surface area contributed by atoms with Crippen LogP contribution in [-0.2, 0) is 6.54 Å². The molecular weight excluding hydrogens is 254 g/mol. The van der Waals surface area contributed by atoms with E-state index in [0.29, 0.717) is 12.1 Å². The summed E-state index contributed by atoms with van der Waals surface area (Å²) in [5.74, 6) is 0.503. The Balaban J connectivity index is 2.18. The number of aromatic hydroxyl groups is 1. The Labute approximate surface area is 118 Å². The van der Waals surface area contributed by atoms with Gasteiger partial charge in [0.2, 0.25) is 0 Å². The van der Waals surface area contributed by atoms with Crippen LogP contribution in [0.5, 0.6) is 11.5 Å². The number of phenols is 1. The molecule has 2 aromatic rings. The topological polar surface area (TPSA) is 49.8 Å². The summed E-state index contributed by atoms with van der Waals surface area (Å²) in [7, 11) is 3.30. The molecule has 1 amide bonds. The molecule has 0 radical (unpaired) electrons. The number of methoxy groups -OCH3 is 1. The van der Waals surface area contributed by atoms with Crippen LogP contribution in [0.15, 0.2) is 48.5 Å². The Kier molecular flexibility index (Phi) is 4.25. The zero-order valence-electron chi connectivity index (χ0n) is 11.5. The van der Waals surface area contributed by atoms with Crippen molar-refractivity contribution >= 4 is 5.91 Å². The van der Waals surface area contributed by atoms with Crippen molar-refractivity contribution in [2.24, 2.45) is 0 Å². The highest BCUT2D eigenvalue weighted by molar-refractivity contribution is 5.96. The first-order valence-corrected chi connectivity index (χ1v) is 6.29. The minimum absolute atomic E-state index is 0.00984. The minimum Gasteiger partial charge on any atom is -0.507 e. The van der Waals surface area contributed by atoms with E-state index in [1.165, 1.54) is 6.07 Å². The van der Waals surface area contributed by atoms with Crippen molar-refractivity contribution in [3.63, 3.8) is 0 Å². The highest BCUT2D eigenvalue weighted by Gasteiger charge is 2.16. The van der Waals surface area contributed by atoms with Gasteiger partial charge in [0.05, 0.1) is 12.7 Å². The summed E-state index contributed by atoms with van der Waals surface area (Å²) in [4.78, 5) is 13.8. The van der Waals surface area contributed by atoms with Gasteiger partial charge in [0, 0.05) is 19.2 Å². The Morgan fingerprint density at radius 2 is 1.80 bits per heavy atom. The van der Waals surface area contributed by atoms with Gasteiger partial charge < -0.3 is 14.7 Å². The van der Waals surface area contributed by atoms with Gasteiger partial charge in [-0.1, -0.05) is 30.3 Å². The molecule has 0 unspecified atom stereocenters. The number of benzene rings is 2. The summed E-state index contributed by atoms with van der Waals surface area (Å²) in [5, 5.41) is 9.72. The van der Waals surface area contributed by atoms with E-state index in [4.69, 9.17) is 4.74 Å². The lowest BCUT2D eigenvalue weighted by Crippen LogP contribution is -2.26. The number of nitrogens with zero attached hydrogens (tertiary/aromatic N) is 1. The van der Waals surface area contributed by atoms with Crippen LogP contribution < -0.4 is 4.74 Å². The summed E-state index contributed by atoms with van der Waals surface area (Å²) in [6, 6.07) is 14.1. The molecule has 0 atom stereocenters. The van der Waals surface area contributed by atoms with Gasteiger partial charge in [-0.15, -0.1) is 0 Å². The number of ether oxygens (including phenoxy) is 1. The van der Waals surface area contributed by atoms with Crippen molar-refractivity contribution in [2.45, 2.75) is 6.54 Å². The SMILES string of the molecule is COc1ccccc1CN(C)C(=O)c1ccccc1O. The van der Waals surface area contributed by atoms with Gasteiger partial charge in [-0.05, 0) is 18.2 Å². The maximum absolute atomic E-state index is 12.3. The van der Waals surface area contributed by atoms with Gasteiger partial charge in [0.25, 0.3) is 5.91 Å². The van der Waals surface area contributed by atoms with Crippen LogP contribution in [0.25, 0.3) is 0 Å². The molecule has 4 heteroatoms. The molecule has 0 saturated carbocycles. The molecule has 0 aromatic heterocycles. The number of phenolic OH excluding ortho intramolecular Hbond substituents is 1. The van der Waals surface area contributed by atoms with Crippen molar-refractivity contribution < 1.29 is 14.6 Å². The molecule has 20 heavy (non-hydrogen) atoms. The van der Waals surface area contributed by atoms with E-state index in [2.05, 4.69) is 0 Å². The largest absolute Gasteiger partial charge is 0.507 e. The fourth-order valence-electron chi connectivity index (χ4n) is 2.02. The molecule has 2 rings (SSSR count). The van der Waals surface area contributed by atoms with Crippen LogP contribution in [0.1, 0.15) is 15.9 Å². The maximum atomic E-state index is 12.3. The first-order chi connectivity index (χ1) is 9.63. The summed E-state index contributed by atoms with van der Waals surface area (Å²) >= 11 is 0. The van der Waals surface area contributed by atoms with Gasteiger partial charge in [-0.2, -0.15) is 0 Å². The maximum Gasteiger partial charge on any atom is 0.257 e. The van der Waals surface area contributed by atoms with Gasteiger partial charge in [0.15, 0.2) is 0 Å². The lowest BCUT2D eigenvalue weighted by atomic mass is 10.1. The monoisotopic (exact) mass is 271 g/mol. The Morgan fingerprint density at radius 1 is 1.15 bits per heavy atom. The van der Waals surface area contributed by atoms with E-state index < -0.39 is 0 Å². The predicted molar refractivity (Wildman–Crippen MR) is 76.9 cm³/mol. The van der Waals surface area contributed by atoms with Crippen molar-refractivity contribution in [2.75, 3.05) is 14.2 Å². The van der Waals surface area contributed by atoms with E-state index in [9.17, 15) is 9.90 Å². The molecule has 0 fully saturated rings. The third kappa shape index (κ3) is 2.91. The molecular formula is C16H17NO3. The molecule has 2 aromatic carbocycles. The number of carbonyl (C=O) groups is 1. The van der Waals surface area contributed by atoms with Crippen LogP contribution in [0, 0.1) is 0 Å². The number of carbonyl (C=O) groups excluding carboxylic acids is 1. The average molecular weight is 271 g/mol. The van der Waals surface area contributed by atoms with Gasteiger partial charge in [-0.3, -0.25) is 4.79 Å². The van der Waals surface area contributed by atoms with Crippen molar-refractivity contribution in [3.05, 3.63) is 59.7 Å². The summed E-state index contributed by atoms with van der Waals surface area (Å²) < 4.78 is 5.27. The van der Waals surface area contributed by atoms with Crippen LogP contribution in [0.2, 0.25) is 0 Å². The smallest absolute Gasteiger partial charge is 0.257 e. The molecule has 0 spiro atoms. The van der Waals surface area contributed by atoms with Gasteiger partial charge in [-0.25, -0.2) is 0 Å². The molecule has 1 N–H and O–H groups in total. The van der Waals surface area contributed by atoms with E-state index >= 15 is 0 Å². The zero-order valence-corrected chi connectivity index (χ0v) is 11.5. The quantitative estimate of drug-likeness (QED) is 0.930. The molecule has 0 saturated heterocycles. The highest BCUT2D eigenvalue weighted by atomic mass is 16.5. The number of hydrogen-bond acceptors (Lipinski definition) is 3. The summed E-state index contributed by atoms with van der Waals surface area (Å²) in [6.07, 6.45) is 0. The van der Waals surface area contributed by atoms with Crippen LogP contribution in [-0.4, -0.2) is 30.1 Å². The first-order valence-electron chi connectivity index (χ1n) is 6.29.